The van der Waals surface area contributed by atoms with Crippen LogP contribution in [0.25, 0.3) is 0 Å². The summed E-state index contributed by atoms with van der Waals surface area (Å²) in [6.45, 7) is 6.92. The zero-order valence-corrected chi connectivity index (χ0v) is 15.1. The Kier molecular flexibility index (Phi) is 4.27. The molecule has 3 rings (SSSR count). The number of carbonyl (C=O) groups is 1. The highest BCUT2D eigenvalue weighted by Gasteiger charge is 2.62. The molecule has 0 aliphatic heterocycles. The van der Waals surface area contributed by atoms with Crippen LogP contribution in [0, 0.1) is 16.7 Å². The van der Waals surface area contributed by atoms with E-state index in [9.17, 15) is 9.90 Å². The van der Waals surface area contributed by atoms with Crippen molar-refractivity contribution in [3.05, 3.63) is 23.8 Å². The first kappa shape index (κ1) is 17.1. The first-order chi connectivity index (χ1) is 11.3. The molecule has 2 aliphatic rings. The summed E-state index contributed by atoms with van der Waals surface area (Å²) in [4.78, 5) is 12.3. The Bertz CT molecular complexity index is 637. The molecule has 4 heteroatoms. The van der Waals surface area contributed by atoms with Gasteiger partial charge in [-0.1, -0.05) is 26.8 Å². The Morgan fingerprint density at radius 1 is 1.33 bits per heavy atom. The highest BCUT2D eigenvalue weighted by Crippen LogP contribution is 2.66. The molecule has 0 saturated heterocycles. The number of rotatable bonds is 5. The molecular weight excluding hydrogens is 304 g/mol. The van der Waals surface area contributed by atoms with Gasteiger partial charge in [-0.2, -0.15) is 0 Å². The third-order valence-corrected chi connectivity index (χ3v) is 6.85. The average Bonchev–Trinajstić information content (AvgIpc) is 2.87. The molecule has 2 aliphatic carbocycles. The van der Waals surface area contributed by atoms with Crippen LogP contribution in [0.3, 0.4) is 0 Å². The lowest BCUT2D eigenvalue weighted by Crippen LogP contribution is -2.38. The fourth-order valence-corrected chi connectivity index (χ4v) is 4.65. The summed E-state index contributed by atoms with van der Waals surface area (Å²) < 4.78 is 11.0. The Morgan fingerprint density at radius 3 is 2.67 bits per heavy atom. The van der Waals surface area contributed by atoms with Crippen LogP contribution >= 0.6 is 0 Å². The fourth-order valence-electron chi connectivity index (χ4n) is 4.65. The van der Waals surface area contributed by atoms with Crippen LogP contribution in [-0.4, -0.2) is 24.3 Å². The molecule has 0 heterocycles. The lowest BCUT2D eigenvalue weighted by Gasteiger charge is -2.38. The Morgan fingerprint density at radius 2 is 2.08 bits per heavy atom. The predicted molar refractivity (Wildman–Crippen MR) is 92.1 cm³/mol. The number of hydrogen-bond acceptors (Lipinski definition) is 4. The maximum Gasteiger partial charge on any atom is 0.306 e. The van der Waals surface area contributed by atoms with Gasteiger partial charge in [0.25, 0.3) is 0 Å². The van der Waals surface area contributed by atoms with E-state index in [0.29, 0.717) is 24.5 Å². The van der Waals surface area contributed by atoms with Crippen LogP contribution in [0.4, 0.5) is 0 Å². The van der Waals surface area contributed by atoms with Crippen molar-refractivity contribution in [2.24, 2.45) is 16.7 Å². The molecule has 2 fully saturated rings. The van der Waals surface area contributed by atoms with Gasteiger partial charge in [0.15, 0.2) is 11.5 Å². The van der Waals surface area contributed by atoms with E-state index in [1.165, 1.54) is 13.5 Å². The Hall–Kier alpha value is -1.71. The predicted octanol–water partition coefficient (Wildman–Crippen LogP) is 4.09. The SMILES string of the molecule is COc1cc(CCC(=O)O[C@H]2C[C@H]3CC[C@]2(C)C3(C)C)ccc1O. The number of hydrogen-bond donors (Lipinski definition) is 1. The normalized spacial score (nSPS) is 30.3. The smallest absolute Gasteiger partial charge is 0.306 e. The molecule has 0 radical (unpaired) electrons. The molecular formula is C20H28O4. The van der Waals surface area contributed by atoms with E-state index in [1.807, 2.05) is 6.07 Å². The quantitative estimate of drug-likeness (QED) is 0.825. The van der Waals surface area contributed by atoms with Gasteiger partial charge in [-0.25, -0.2) is 0 Å². The Balaban J connectivity index is 1.57. The molecule has 3 atom stereocenters. The largest absolute Gasteiger partial charge is 0.504 e. The van der Waals surface area contributed by atoms with E-state index in [1.54, 1.807) is 12.1 Å². The lowest BCUT2D eigenvalue weighted by atomic mass is 9.70. The van der Waals surface area contributed by atoms with Crippen molar-refractivity contribution in [1.29, 1.82) is 0 Å². The molecule has 24 heavy (non-hydrogen) atoms. The number of esters is 1. The minimum absolute atomic E-state index is 0.0492. The summed E-state index contributed by atoms with van der Waals surface area (Å²) in [6, 6.07) is 5.18. The fraction of sp³-hybridized carbons (Fsp3) is 0.650. The first-order valence-corrected chi connectivity index (χ1v) is 8.83. The van der Waals surface area contributed by atoms with E-state index in [-0.39, 0.29) is 28.7 Å². The summed E-state index contributed by atoms with van der Waals surface area (Å²) in [5.41, 5.74) is 1.32. The molecule has 0 aromatic heterocycles. The molecule has 1 aromatic carbocycles. The molecule has 1 aromatic rings. The van der Waals surface area contributed by atoms with Crippen molar-refractivity contribution in [3.63, 3.8) is 0 Å². The number of benzene rings is 1. The first-order valence-electron chi connectivity index (χ1n) is 8.83. The van der Waals surface area contributed by atoms with Gasteiger partial charge >= 0.3 is 5.97 Å². The average molecular weight is 332 g/mol. The molecule has 0 amide bonds. The maximum atomic E-state index is 12.3. The standard InChI is InChI=1S/C20H28O4/c1-19(2)14-9-10-20(19,3)17(12-14)24-18(22)8-6-13-5-7-15(21)16(11-13)23-4/h5,7,11,14,17,21H,6,8-10,12H2,1-4H3/t14-,17+,20+/m1/s1. The molecule has 132 valence electrons. The van der Waals surface area contributed by atoms with E-state index in [4.69, 9.17) is 9.47 Å². The summed E-state index contributed by atoms with van der Waals surface area (Å²) in [6.07, 6.45) is 4.40. The summed E-state index contributed by atoms with van der Waals surface area (Å²) in [7, 11) is 1.52. The van der Waals surface area contributed by atoms with Crippen molar-refractivity contribution in [1.82, 2.24) is 0 Å². The van der Waals surface area contributed by atoms with E-state index in [2.05, 4.69) is 20.8 Å². The van der Waals surface area contributed by atoms with Crippen molar-refractivity contribution >= 4 is 5.97 Å². The van der Waals surface area contributed by atoms with Gasteiger partial charge in [-0.05, 0) is 54.7 Å². The number of phenols is 1. The van der Waals surface area contributed by atoms with E-state index < -0.39 is 0 Å². The van der Waals surface area contributed by atoms with Gasteiger partial charge in [-0.15, -0.1) is 0 Å². The zero-order valence-electron chi connectivity index (χ0n) is 15.1. The molecule has 1 N–H and O–H groups in total. The monoisotopic (exact) mass is 332 g/mol. The minimum atomic E-state index is -0.128. The van der Waals surface area contributed by atoms with Gasteiger partial charge in [0, 0.05) is 11.8 Å². The van der Waals surface area contributed by atoms with Crippen LogP contribution in [-0.2, 0) is 16.0 Å². The minimum Gasteiger partial charge on any atom is -0.504 e. The third kappa shape index (κ3) is 2.66. The topological polar surface area (TPSA) is 55.8 Å². The van der Waals surface area contributed by atoms with Crippen LogP contribution in [0.15, 0.2) is 18.2 Å². The second-order valence-electron chi connectivity index (χ2n) is 8.10. The maximum absolute atomic E-state index is 12.3. The zero-order chi connectivity index (χ0) is 17.5. The Labute approximate surface area is 144 Å². The number of aromatic hydroxyl groups is 1. The second-order valence-corrected chi connectivity index (χ2v) is 8.10. The van der Waals surface area contributed by atoms with E-state index in [0.717, 1.165) is 18.4 Å². The highest BCUT2D eigenvalue weighted by molar-refractivity contribution is 5.70. The number of phenolic OH excluding ortho intramolecular Hbond substituents is 1. The van der Waals surface area contributed by atoms with Gasteiger partial charge in [0.2, 0.25) is 0 Å². The van der Waals surface area contributed by atoms with E-state index >= 15 is 0 Å². The highest BCUT2D eigenvalue weighted by atomic mass is 16.5. The lowest BCUT2D eigenvalue weighted by molar-refractivity contribution is -0.156. The van der Waals surface area contributed by atoms with Gasteiger partial charge in [0.05, 0.1) is 7.11 Å². The van der Waals surface area contributed by atoms with Crippen molar-refractivity contribution in [2.75, 3.05) is 7.11 Å². The van der Waals surface area contributed by atoms with Crippen molar-refractivity contribution in [3.8, 4) is 11.5 Å². The van der Waals surface area contributed by atoms with Crippen molar-refractivity contribution in [2.45, 2.75) is 59.0 Å². The van der Waals surface area contributed by atoms with Crippen LogP contribution in [0.1, 0.15) is 52.0 Å². The van der Waals surface area contributed by atoms with Crippen LogP contribution < -0.4 is 4.74 Å². The number of fused-ring (bicyclic) bond motifs is 2. The number of carbonyl (C=O) groups excluding carboxylic acids is 1. The molecule has 0 spiro atoms. The van der Waals surface area contributed by atoms with Crippen LogP contribution in [0.2, 0.25) is 0 Å². The second kappa shape index (κ2) is 5.98. The van der Waals surface area contributed by atoms with Gasteiger partial charge < -0.3 is 14.6 Å². The summed E-state index contributed by atoms with van der Waals surface area (Å²) >= 11 is 0. The number of aryl methyl sites for hydroxylation is 1. The van der Waals surface area contributed by atoms with Gasteiger partial charge in [-0.3, -0.25) is 4.79 Å². The summed E-state index contributed by atoms with van der Waals surface area (Å²) in [5, 5.41) is 9.62. The number of methoxy groups -OCH3 is 1. The molecule has 2 bridgehead atoms. The van der Waals surface area contributed by atoms with Crippen LogP contribution in [0.5, 0.6) is 11.5 Å². The molecule has 2 saturated carbocycles. The number of ether oxygens (including phenoxy) is 2. The molecule has 0 unspecified atom stereocenters. The van der Waals surface area contributed by atoms with Crippen molar-refractivity contribution < 1.29 is 19.4 Å². The molecule has 4 nitrogen and oxygen atoms in total. The summed E-state index contributed by atoms with van der Waals surface area (Å²) in [5.74, 6) is 1.09. The van der Waals surface area contributed by atoms with Gasteiger partial charge in [0.1, 0.15) is 6.10 Å². The third-order valence-electron chi connectivity index (χ3n) is 6.85.